The van der Waals surface area contributed by atoms with Crippen molar-refractivity contribution < 1.29 is 9.47 Å². The van der Waals surface area contributed by atoms with Gasteiger partial charge in [-0.25, -0.2) is 0 Å². The maximum atomic E-state index is 5.52. The van der Waals surface area contributed by atoms with Crippen molar-refractivity contribution in [3.05, 3.63) is 24.5 Å². The van der Waals surface area contributed by atoms with Crippen LogP contribution < -0.4 is 15.8 Å². The van der Waals surface area contributed by atoms with Crippen LogP contribution in [0.4, 0.5) is 0 Å². The van der Waals surface area contributed by atoms with Crippen LogP contribution in [0.15, 0.2) is 24.5 Å². The molecule has 1 aromatic rings. The standard InChI is InChI=1S/C9H13NO.C8H20N2O/c1-3-8(2)11-9-4-6-10-7-5-9;1-3-8(2)11-7-6-10-5-4-9/h4-8H,3H2,1-2H3;8,10H,3-7,9H2,1-2H3. The second kappa shape index (κ2) is 14.8. The van der Waals surface area contributed by atoms with Gasteiger partial charge in [-0.15, -0.1) is 0 Å². The first-order valence-electron chi connectivity index (χ1n) is 8.23. The number of pyridine rings is 1. The zero-order valence-corrected chi connectivity index (χ0v) is 14.5. The number of rotatable bonds is 10. The van der Waals surface area contributed by atoms with E-state index in [4.69, 9.17) is 15.2 Å². The zero-order chi connectivity index (χ0) is 16.6. The van der Waals surface area contributed by atoms with Gasteiger partial charge >= 0.3 is 0 Å². The van der Waals surface area contributed by atoms with Crippen LogP contribution in [0.25, 0.3) is 0 Å². The van der Waals surface area contributed by atoms with E-state index >= 15 is 0 Å². The van der Waals surface area contributed by atoms with Crippen LogP contribution in [0, 0.1) is 0 Å². The van der Waals surface area contributed by atoms with Crippen LogP contribution in [0.2, 0.25) is 0 Å². The molecule has 22 heavy (non-hydrogen) atoms. The van der Waals surface area contributed by atoms with Gasteiger partial charge in [0, 0.05) is 32.0 Å². The molecule has 0 bridgehead atoms. The maximum Gasteiger partial charge on any atom is 0.122 e. The number of aromatic nitrogens is 1. The molecule has 1 rings (SSSR count). The van der Waals surface area contributed by atoms with E-state index in [0.29, 0.717) is 12.6 Å². The van der Waals surface area contributed by atoms with Gasteiger partial charge in [0.25, 0.3) is 0 Å². The number of hydrogen-bond donors (Lipinski definition) is 2. The van der Waals surface area contributed by atoms with Gasteiger partial charge < -0.3 is 20.5 Å². The van der Waals surface area contributed by atoms with Crippen molar-refractivity contribution in [3.8, 4) is 5.75 Å². The summed E-state index contributed by atoms with van der Waals surface area (Å²) in [6.45, 7) is 11.6. The van der Waals surface area contributed by atoms with Crippen molar-refractivity contribution >= 4 is 0 Å². The fourth-order valence-electron chi connectivity index (χ4n) is 1.41. The Bertz CT molecular complexity index is 336. The monoisotopic (exact) mass is 311 g/mol. The zero-order valence-electron chi connectivity index (χ0n) is 14.5. The molecule has 3 N–H and O–H groups in total. The van der Waals surface area contributed by atoms with Crippen LogP contribution in [-0.4, -0.2) is 43.4 Å². The Morgan fingerprint density at radius 2 is 1.73 bits per heavy atom. The van der Waals surface area contributed by atoms with Gasteiger partial charge in [-0.3, -0.25) is 4.98 Å². The van der Waals surface area contributed by atoms with E-state index in [-0.39, 0.29) is 6.10 Å². The second-order valence-corrected chi connectivity index (χ2v) is 5.15. The molecular formula is C17H33N3O2. The highest BCUT2D eigenvalue weighted by molar-refractivity contribution is 5.16. The van der Waals surface area contributed by atoms with Crippen LogP contribution in [0.1, 0.15) is 40.5 Å². The molecule has 0 spiro atoms. The predicted octanol–water partition coefficient (Wildman–Crippen LogP) is 2.61. The van der Waals surface area contributed by atoms with E-state index in [0.717, 1.165) is 38.3 Å². The summed E-state index contributed by atoms with van der Waals surface area (Å²) in [7, 11) is 0. The molecule has 128 valence electrons. The first-order chi connectivity index (χ1) is 10.6. The van der Waals surface area contributed by atoms with Crippen molar-refractivity contribution in [3.63, 3.8) is 0 Å². The fourth-order valence-corrected chi connectivity index (χ4v) is 1.41. The number of nitrogens with two attached hydrogens (primary N) is 1. The van der Waals surface area contributed by atoms with Gasteiger partial charge in [-0.1, -0.05) is 13.8 Å². The first kappa shape index (κ1) is 20.8. The summed E-state index contributed by atoms with van der Waals surface area (Å²) in [4.78, 5) is 3.90. The van der Waals surface area contributed by atoms with Gasteiger partial charge in [0.05, 0.1) is 18.8 Å². The lowest BCUT2D eigenvalue weighted by Crippen LogP contribution is -2.27. The summed E-state index contributed by atoms with van der Waals surface area (Å²) in [5.41, 5.74) is 5.29. The minimum atomic E-state index is 0.289. The lowest BCUT2D eigenvalue weighted by molar-refractivity contribution is 0.0658. The molecule has 0 saturated carbocycles. The molecule has 5 heteroatoms. The van der Waals surface area contributed by atoms with Crippen LogP contribution >= 0.6 is 0 Å². The lowest BCUT2D eigenvalue weighted by Gasteiger charge is -2.11. The third-order valence-electron chi connectivity index (χ3n) is 3.14. The van der Waals surface area contributed by atoms with Gasteiger partial charge in [0.1, 0.15) is 5.75 Å². The van der Waals surface area contributed by atoms with Gasteiger partial charge in [-0.05, 0) is 38.8 Å². The van der Waals surface area contributed by atoms with Gasteiger partial charge in [0.2, 0.25) is 0 Å². The number of nitrogens with zero attached hydrogens (tertiary/aromatic N) is 1. The minimum absolute atomic E-state index is 0.289. The molecule has 5 nitrogen and oxygen atoms in total. The topological polar surface area (TPSA) is 69.4 Å². The third-order valence-corrected chi connectivity index (χ3v) is 3.14. The summed E-state index contributed by atoms with van der Waals surface area (Å²) >= 11 is 0. The Balaban J connectivity index is 0.000000401. The van der Waals surface area contributed by atoms with E-state index in [1.54, 1.807) is 12.4 Å². The average Bonchev–Trinajstić information content (AvgIpc) is 2.55. The molecule has 0 radical (unpaired) electrons. The molecule has 0 amide bonds. The van der Waals surface area contributed by atoms with E-state index in [9.17, 15) is 0 Å². The normalized spacial score (nSPS) is 13.0. The Morgan fingerprint density at radius 1 is 1.09 bits per heavy atom. The lowest BCUT2D eigenvalue weighted by atomic mass is 10.3. The van der Waals surface area contributed by atoms with Crippen LogP contribution in [0.5, 0.6) is 5.75 Å². The molecule has 0 aliphatic rings. The van der Waals surface area contributed by atoms with E-state index in [1.807, 2.05) is 12.1 Å². The molecule has 0 aliphatic carbocycles. The van der Waals surface area contributed by atoms with Crippen molar-refractivity contribution in [1.29, 1.82) is 0 Å². The summed E-state index contributed by atoms with van der Waals surface area (Å²) in [6.07, 6.45) is 6.25. The Labute approximate surface area is 135 Å². The fraction of sp³-hybridized carbons (Fsp3) is 0.706. The Kier molecular flexibility index (Phi) is 14.0. The van der Waals surface area contributed by atoms with Crippen LogP contribution in [0.3, 0.4) is 0 Å². The highest BCUT2D eigenvalue weighted by Crippen LogP contribution is 2.10. The molecule has 0 aromatic carbocycles. The molecule has 1 aromatic heterocycles. The molecule has 0 fully saturated rings. The number of nitrogens with one attached hydrogen (secondary N) is 1. The first-order valence-corrected chi connectivity index (χ1v) is 8.23. The van der Waals surface area contributed by atoms with E-state index in [1.165, 1.54) is 0 Å². The maximum absolute atomic E-state index is 5.52. The minimum Gasteiger partial charge on any atom is -0.491 e. The molecule has 0 saturated heterocycles. The Morgan fingerprint density at radius 3 is 2.27 bits per heavy atom. The van der Waals surface area contributed by atoms with E-state index < -0.39 is 0 Å². The number of ether oxygens (including phenoxy) is 2. The highest BCUT2D eigenvalue weighted by atomic mass is 16.5. The van der Waals surface area contributed by atoms with Crippen molar-refractivity contribution in [2.24, 2.45) is 5.73 Å². The van der Waals surface area contributed by atoms with Crippen LogP contribution in [-0.2, 0) is 4.74 Å². The molecular weight excluding hydrogens is 278 g/mol. The Hall–Kier alpha value is -1.17. The average molecular weight is 311 g/mol. The summed E-state index contributed by atoms with van der Waals surface area (Å²) in [6, 6.07) is 3.73. The van der Waals surface area contributed by atoms with Crippen molar-refractivity contribution in [2.75, 3.05) is 26.2 Å². The quantitative estimate of drug-likeness (QED) is 0.650. The van der Waals surface area contributed by atoms with E-state index in [2.05, 4.69) is 38.0 Å². The van der Waals surface area contributed by atoms with Gasteiger partial charge in [-0.2, -0.15) is 0 Å². The summed E-state index contributed by atoms with van der Waals surface area (Å²) < 4.78 is 11.0. The van der Waals surface area contributed by atoms with Gasteiger partial charge in [0.15, 0.2) is 0 Å². The van der Waals surface area contributed by atoms with Crippen molar-refractivity contribution in [2.45, 2.75) is 52.7 Å². The second-order valence-electron chi connectivity index (χ2n) is 5.15. The predicted molar refractivity (Wildman–Crippen MR) is 92.2 cm³/mol. The summed E-state index contributed by atoms with van der Waals surface area (Å²) in [5, 5.41) is 3.16. The molecule has 1 heterocycles. The number of hydrogen-bond acceptors (Lipinski definition) is 5. The molecule has 0 aliphatic heterocycles. The largest absolute Gasteiger partial charge is 0.491 e. The third kappa shape index (κ3) is 12.6. The summed E-state index contributed by atoms with van der Waals surface area (Å²) in [5.74, 6) is 0.898. The highest BCUT2D eigenvalue weighted by Gasteiger charge is 1.98. The SMILES string of the molecule is CCC(C)OCCNCCN.CCC(C)Oc1ccncc1. The smallest absolute Gasteiger partial charge is 0.122 e. The molecule has 2 unspecified atom stereocenters. The van der Waals surface area contributed by atoms with Crippen molar-refractivity contribution in [1.82, 2.24) is 10.3 Å². The molecule has 2 atom stereocenters.